The fourth-order valence-corrected chi connectivity index (χ4v) is 3.21. The molecule has 3 aromatic rings. The van der Waals surface area contributed by atoms with Gasteiger partial charge < -0.3 is 15.0 Å². The highest BCUT2D eigenvalue weighted by Gasteiger charge is 2.31. The van der Waals surface area contributed by atoms with Crippen molar-refractivity contribution in [1.82, 2.24) is 15.1 Å². The van der Waals surface area contributed by atoms with Crippen molar-refractivity contribution in [3.8, 4) is 11.5 Å². The maximum Gasteiger partial charge on any atom is 0.320 e. The van der Waals surface area contributed by atoms with Crippen molar-refractivity contribution in [3.63, 3.8) is 0 Å². The number of anilines is 2. The minimum atomic E-state index is -0.361. The molecule has 8 heteroatoms. The van der Waals surface area contributed by atoms with Gasteiger partial charge in [-0.15, -0.1) is 0 Å². The Morgan fingerprint density at radius 3 is 2.48 bits per heavy atom. The van der Waals surface area contributed by atoms with Crippen LogP contribution in [0.3, 0.4) is 0 Å². The Bertz CT molecular complexity index is 1000. The van der Waals surface area contributed by atoms with Crippen molar-refractivity contribution in [3.05, 3.63) is 66.9 Å². The molecule has 0 spiro atoms. The average molecular weight is 391 g/mol. The molecule has 29 heavy (non-hydrogen) atoms. The lowest BCUT2D eigenvalue weighted by Crippen LogP contribution is -2.40. The first-order valence-corrected chi connectivity index (χ1v) is 9.27. The van der Waals surface area contributed by atoms with Gasteiger partial charge in [0.1, 0.15) is 17.3 Å². The second-order valence-electron chi connectivity index (χ2n) is 6.75. The van der Waals surface area contributed by atoms with Crippen molar-refractivity contribution < 1.29 is 14.3 Å². The van der Waals surface area contributed by atoms with Gasteiger partial charge >= 0.3 is 6.03 Å². The number of rotatable bonds is 5. The van der Waals surface area contributed by atoms with Gasteiger partial charge in [0, 0.05) is 31.8 Å². The van der Waals surface area contributed by atoms with Crippen LogP contribution in [0.5, 0.6) is 11.5 Å². The van der Waals surface area contributed by atoms with E-state index in [1.807, 2.05) is 54.6 Å². The van der Waals surface area contributed by atoms with E-state index in [-0.39, 0.29) is 24.4 Å². The Hall–Kier alpha value is -3.81. The van der Waals surface area contributed by atoms with E-state index in [1.165, 1.54) is 0 Å². The zero-order valence-electron chi connectivity index (χ0n) is 15.9. The summed E-state index contributed by atoms with van der Waals surface area (Å²) in [5.74, 6) is 1.99. The molecule has 1 saturated heterocycles. The largest absolute Gasteiger partial charge is 0.457 e. The van der Waals surface area contributed by atoms with Gasteiger partial charge in [-0.05, 0) is 36.4 Å². The minimum absolute atomic E-state index is 0.0347. The molecule has 4 rings (SSSR count). The van der Waals surface area contributed by atoms with E-state index in [0.717, 1.165) is 11.4 Å². The number of nitrogens with one attached hydrogen (secondary N) is 2. The number of carbonyl (C=O) groups is 2. The van der Waals surface area contributed by atoms with Crippen LogP contribution in [0.1, 0.15) is 6.42 Å². The van der Waals surface area contributed by atoms with Gasteiger partial charge in [0.05, 0.1) is 12.2 Å². The summed E-state index contributed by atoms with van der Waals surface area (Å²) in [5, 5.41) is 9.56. The first-order valence-electron chi connectivity index (χ1n) is 9.27. The molecule has 1 aliphatic heterocycles. The number of para-hydroxylation sites is 1. The van der Waals surface area contributed by atoms with Crippen LogP contribution >= 0.6 is 0 Å². The van der Waals surface area contributed by atoms with Gasteiger partial charge in [0.2, 0.25) is 5.91 Å². The Labute approximate surface area is 168 Å². The van der Waals surface area contributed by atoms with Crippen LogP contribution in [0.4, 0.5) is 16.3 Å². The normalized spacial score (nSPS) is 16.0. The van der Waals surface area contributed by atoms with E-state index in [2.05, 4.69) is 15.7 Å². The topological polar surface area (TPSA) is 88.5 Å². The molecule has 2 N–H and O–H groups in total. The molecule has 3 amide bonds. The number of carbonyl (C=O) groups excluding carboxylic acids is 2. The maximum atomic E-state index is 12.4. The molecule has 0 radical (unpaired) electrons. The number of nitrogens with zero attached hydrogens (tertiary/aromatic N) is 3. The molecule has 148 valence electrons. The highest BCUT2D eigenvalue weighted by atomic mass is 16.5. The smallest absolute Gasteiger partial charge is 0.320 e. The average Bonchev–Trinajstić information content (AvgIpc) is 3.28. The number of hydrogen-bond donors (Lipinski definition) is 2. The number of aromatic nitrogens is 2. The van der Waals surface area contributed by atoms with Crippen molar-refractivity contribution in [2.45, 2.75) is 12.5 Å². The van der Waals surface area contributed by atoms with Crippen molar-refractivity contribution in [2.75, 3.05) is 16.8 Å². The lowest BCUT2D eigenvalue weighted by atomic mass is 10.2. The van der Waals surface area contributed by atoms with Crippen LogP contribution < -0.4 is 20.3 Å². The van der Waals surface area contributed by atoms with E-state index < -0.39 is 0 Å². The Morgan fingerprint density at radius 2 is 1.79 bits per heavy atom. The summed E-state index contributed by atoms with van der Waals surface area (Å²) in [4.78, 5) is 26.3. The van der Waals surface area contributed by atoms with Crippen LogP contribution in [-0.2, 0) is 11.8 Å². The third-order valence-electron chi connectivity index (χ3n) is 4.65. The van der Waals surface area contributed by atoms with Gasteiger partial charge in [-0.25, -0.2) is 4.79 Å². The van der Waals surface area contributed by atoms with Crippen LogP contribution in [0.2, 0.25) is 0 Å². The second-order valence-corrected chi connectivity index (χ2v) is 6.75. The molecule has 1 fully saturated rings. The summed E-state index contributed by atoms with van der Waals surface area (Å²) in [7, 11) is 1.74. The number of urea groups is 1. The minimum Gasteiger partial charge on any atom is -0.457 e. The predicted octanol–water partition coefficient (Wildman–Crippen LogP) is 3.14. The molecule has 8 nitrogen and oxygen atoms in total. The monoisotopic (exact) mass is 391 g/mol. The molecule has 2 heterocycles. The quantitative estimate of drug-likeness (QED) is 0.699. The zero-order valence-corrected chi connectivity index (χ0v) is 15.9. The highest BCUT2D eigenvalue weighted by Crippen LogP contribution is 2.27. The molecule has 0 aliphatic carbocycles. The van der Waals surface area contributed by atoms with E-state index >= 15 is 0 Å². The Balaban J connectivity index is 1.35. The molecule has 1 atom stereocenters. The predicted molar refractivity (Wildman–Crippen MR) is 109 cm³/mol. The number of amides is 3. The third kappa shape index (κ3) is 4.37. The summed E-state index contributed by atoms with van der Waals surface area (Å²) in [6.07, 6.45) is 1.85. The molecule has 0 saturated carbocycles. The fraction of sp³-hybridized carbons (Fsp3) is 0.190. The van der Waals surface area contributed by atoms with E-state index in [9.17, 15) is 9.59 Å². The molecular weight excluding hydrogens is 370 g/mol. The lowest BCUT2D eigenvalue weighted by Gasteiger charge is -2.18. The van der Waals surface area contributed by atoms with E-state index in [1.54, 1.807) is 28.9 Å². The van der Waals surface area contributed by atoms with Gasteiger partial charge in [0.15, 0.2) is 0 Å². The first-order chi connectivity index (χ1) is 14.1. The van der Waals surface area contributed by atoms with Crippen molar-refractivity contribution >= 4 is 23.4 Å². The fourth-order valence-electron chi connectivity index (χ4n) is 3.21. The van der Waals surface area contributed by atoms with Crippen molar-refractivity contribution in [1.29, 1.82) is 0 Å². The molecule has 0 bridgehead atoms. The number of benzene rings is 2. The molecule has 1 aliphatic rings. The summed E-state index contributed by atoms with van der Waals surface area (Å²) >= 11 is 0. The SMILES string of the molecule is Cn1nccc1NC(=O)N[C@@H]1CC(=O)N(c2ccc(Oc3ccccc3)cc2)C1. The second kappa shape index (κ2) is 8.05. The van der Waals surface area contributed by atoms with Crippen LogP contribution in [0.15, 0.2) is 66.9 Å². The Kier molecular flexibility index (Phi) is 5.15. The standard InChI is InChI=1S/C21H21N5O3/c1-25-19(11-12-22-25)24-21(28)23-15-13-20(27)26(14-15)16-7-9-18(10-8-16)29-17-5-3-2-4-6-17/h2-12,15H,13-14H2,1H3,(H2,23,24,28)/t15-/m1/s1. The first kappa shape index (κ1) is 18.5. The number of aryl methyl sites for hydroxylation is 1. The van der Waals surface area contributed by atoms with Gasteiger partial charge in [-0.2, -0.15) is 5.10 Å². The van der Waals surface area contributed by atoms with Crippen molar-refractivity contribution in [2.24, 2.45) is 7.05 Å². The molecule has 2 aromatic carbocycles. The molecule has 1 aromatic heterocycles. The summed E-state index contributed by atoms with van der Waals surface area (Å²) in [6, 6.07) is 17.9. The third-order valence-corrected chi connectivity index (χ3v) is 4.65. The van der Waals surface area contributed by atoms with Crippen LogP contribution in [0.25, 0.3) is 0 Å². The number of ether oxygens (including phenoxy) is 1. The van der Waals surface area contributed by atoms with E-state index in [4.69, 9.17) is 4.74 Å². The summed E-state index contributed by atoms with van der Waals surface area (Å²) in [6.45, 7) is 0.413. The van der Waals surface area contributed by atoms with Crippen LogP contribution in [-0.4, -0.2) is 34.3 Å². The number of hydrogen-bond acceptors (Lipinski definition) is 4. The molecule has 0 unspecified atom stereocenters. The lowest BCUT2D eigenvalue weighted by molar-refractivity contribution is -0.117. The maximum absolute atomic E-state index is 12.4. The zero-order chi connectivity index (χ0) is 20.2. The van der Waals surface area contributed by atoms with E-state index in [0.29, 0.717) is 18.1 Å². The highest BCUT2D eigenvalue weighted by molar-refractivity contribution is 5.97. The van der Waals surface area contributed by atoms with Gasteiger partial charge in [-0.1, -0.05) is 18.2 Å². The summed E-state index contributed by atoms with van der Waals surface area (Å²) < 4.78 is 7.34. The summed E-state index contributed by atoms with van der Waals surface area (Å²) in [5.41, 5.74) is 0.770. The molecular formula is C21H21N5O3. The van der Waals surface area contributed by atoms with Crippen LogP contribution in [0, 0.1) is 0 Å². The Morgan fingerprint density at radius 1 is 1.07 bits per heavy atom. The van der Waals surface area contributed by atoms with Gasteiger partial charge in [0.25, 0.3) is 0 Å². The van der Waals surface area contributed by atoms with Gasteiger partial charge in [-0.3, -0.25) is 14.8 Å².